The van der Waals surface area contributed by atoms with Crippen LogP contribution in [-0.4, -0.2) is 35.3 Å². The van der Waals surface area contributed by atoms with Gasteiger partial charge >= 0.3 is 6.18 Å². The van der Waals surface area contributed by atoms with E-state index in [4.69, 9.17) is 0 Å². The summed E-state index contributed by atoms with van der Waals surface area (Å²) in [5, 5.41) is 1.24. The van der Waals surface area contributed by atoms with Crippen molar-refractivity contribution in [3.63, 3.8) is 0 Å². The SMILES string of the molecule is Fc1ccc2c(c1)c1cc(F)ccc1n2[C@H]1CCCN(CCC(F)(F)F)C1. The van der Waals surface area contributed by atoms with E-state index in [-0.39, 0.29) is 12.6 Å². The van der Waals surface area contributed by atoms with Gasteiger partial charge in [0.1, 0.15) is 11.6 Å². The zero-order valence-electron chi connectivity index (χ0n) is 14.6. The first-order valence-corrected chi connectivity index (χ1v) is 9.00. The fourth-order valence-corrected chi connectivity index (χ4v) is 4.12. The van der Waals surface area contributed by atoms with Crippen molar-refractivity contribution in [2.45, 2.75) is 31.5 Å². The van der Waals surface area contributed by atoms with Crippen LogP contribution in [0.2, 0.25) is 0 Å². The fourth-order valence-electron chi connectivity index (χ4n) is 4.12. The molecule has 1 fully saturated rings. The maximum atomic E-state index is 13.8. The third-order valence-corrected chi connectivity index (χ3v) is 5.28. The van der Waals surface area contributed by atoms with Gasteiger partial charge in [-0.15, -0.1) is 0 Å². The van der Waals surface area contributed by atoms with E-state index >= 15 is 0 Å². The van der Waals surface area contributed by atoms with E-state index in [1.165, 1.54) is 24.3 Å². The Morgan fingerprint density at radius 3 is 2.07 bits per heavy atom. The molecule has 3 aromatic rings. The summed E-state index contributed by atoms with van der Waals surface area (Å²) >= 11 is 0. The van der Waals surface area contributed by atoms with Crippen molar-refractivity contribution in [3.05, 3.63) is 48.0 Å². The molecule has 0 spiro atoms. The topological polar surface area (TPSA) is 8.17 Å². The Hall–Kier alpha value is -2.15. The predicted octanol–water partition coefficient (Wildman–Crippen LogP) is 5.66. The van der Waals surface area contributed by atoms with Crippen molar-refractivity contribution in [1.29, 1.82) is 0 Å². The summed E-state index contributed by atoms with van der Waals surface area (Å²) in [6, 6.07) is 8.78. The van der Waals surface area contributed by atoms with Crippen LogP contribution in [0.15, 0.2) is 36.4 Å². The molecule has 27 heavy (non-hydrogen) atoms. The van der Waals surface area contributed by atoms with Gasteiger partial charge in [-0.1, -0.05) is 0 Å². The molecule has 0 bridgehead atoms. The largest absolute Gasteiger partial charge is 0.390 e. The van der Waals surface area contributed by atoms with Gasteiger partial charge in [0.15, 0.2) is 0 Å². The zero-order valence-corrected chi connectivity index (χ0v) is 14.6. The average Bonchev–Trinajstić information content (AvgIpc) is 2.93. The van der Waals surface area contributed by atoms with Crippen molar-refractivity contribution in [1.82, 2.24) is 9.47 Å². The molecule has 2 heterocycles. The van der Waals surface area contributed by atoms with Gasteiger partial charge in [0.2, 0.25) is 0 Å². The molecule has 7 heteroatoms. The molecule has 2 aromatic carbocycles. The van der Waals surface area contributed by atoms with Crippen molar-refractivity contribution >= 4 is 21.8 Å². The van der Waals surface area contributed by atoms with Gasteiger partial charge in [-0.05, 0) is 55.8 Å². The lowest BCUT2D eigenvalue weighted by atomic mass is 10.0. The monoisotopic (exact) mass is 382 g/mol. The second-order valence-electron chi connectivity index (χ2n) is 7.15. The molecule has 144 valence electrons. The van der Waals surface area contributed by atoms with Crippen LogP contribution < -0.4 is 0 Å². The molecule has 2 nitrogen and oxygen atoms in total. The number of likely N-dealkylation sites (tertiary alicyclic amines) is 1. The fraction of sp³-hybridized carbons (Fsp3) is 0.400. The molecule has 1 saturated heterocycles. The highest BCUT2D eigenvalue weighted by Gasteiger charge is 2.30. The third kappa shape index (κ3) is 3.65. The molecule has 1 atom stereocenters. The maximum absolute atomic E-state index is 13.8. The van der Waals surface area contributed by atoms with Crippen LogP contribution in [0.25, 0.3) is 21.8 Å². The average molecular weight is 382 g/mol. The predicted molar refractivity (Wildman–Crippen MR) is 94.7 cm³/mol. The number of hydrogen-bond donors (Lipinski definition) is 0. The molecule has 0 N–H and O–H groups in total. The summed E-state index contributed by atoms with van der Waals surface area (Å²) in [4.78, 5) is 1.83. The Morgan fingerprint density at radius 2 is 1.52 bits per heavy atom. The number of aromatic nitrogens is 1. The lowest BCUT2D eigenvalue weighted by Crippen LogP contribution is -2.38. The zero-order chi connectivity index (χ0) is 19.2. The van der Waals surface area contributed by atoms with Crippen LogP contribution >= 0.6 is 0 Å². The van der Waals surface area contributed by atoms with Gasteiger partial charge in [-0.2, -0.15) is 13.2 Å². The normalized spacial score (nSPS) is 19.2. The Balaban J connectivity index is 1.73. The van der Waals surface area contributed by atoms with Crippen LogP contribution in [0, 0.1) is 11.6 Å². The van der Waals surface area contributed by atoms with Crippen molar-refractivity contribution in [2.24, 2.45) is 0 Å². The van der Waals surface area contributed by atoms with Crippen molar-refractivity contribution < 1.29 is 22.0 Å². The molecule has 1 aliphatic heterocycles. The molecule has 0 saturated carbocycles. The number of hydrogen-bond acceptors (Lipinski definition) is 1. The molecule has 0 aliphatic carbocycles. The van der Waals surface area contributed by atoms with Crippen LogP contribution in [-0.2, 0) is 0 Å². The lowest BCUT2D eigenvalue weighted by Gasteiger charge is -2.34. The minimum atomic E-state index is -4.17. The van der Waals surface area contributed by atoms with Gasteiger partial charge < -0.3 is 9.47 Å². The van der Waals surface area contributed by atoms with Crippen molar-refractivity contribution in [2.75, 3.05) is 19.6 Å². The molecule has 0 amide bonds. The van der Waals surface area contributed by atoms with Crippen LogP contribution in [0.5, 0.6) is 0 Å². The van der Waals surface area contributed by atoms with Crippen LogP contribution in [0.1, 0.15) is 25.3 Å². The Morgan fingerprint density at radius 1 is 0.926 bits per heavy atom. The van der Waals surface area contributed by atoms with E-state index in [1.54, 1.807) is 12.1 Å². The molecular weight excluding hydrogens is 363 g/mol. The molecular formula is C20H19F5N2. The first kappa shape index (κ1) is 18.2. The number of fused-ring (bicyclic) bond motifs is 3. The number of rotatable bonds is 3. The minimum Gasteiger partial charge on any atom is -0.336 e. The summed E-state index contributed by atoms with van der Waals surface area (Å²) < 4.78 is 67.3. The Labute approximate surface area is 153 Å². The molecule has 0 unspecified atom stereocenters. The van der Waals surface area contributed by atoms with E-state index in [1.807, 2.05) is 9.47 Å². The van der Waals surface area contributed by atoms with E-state index in [0.717, 1.165) is 23.9 Å². The van der Waals surface area contributed by atoms with E-state index in [2.05, 4.69) is 0 Å². The van der Waals surface area contributed by atoms with E-state index in [9.17, 15) is 22.0 Å². The van der Waals surface area contributed by atoms with Crippen LogP contribution in [0.3, 0.4) is 0 Å². The Bertz CT molecular complexity index is 917. The highest BCUT2D eigenvalue weighted by Crippen LogP contribution is 2.36. The number of piperidine rings is 1. The summed E-state index contributed by atoms with van der Waals surface area (Å²) in [6.07, 6.45) is -3.40. The van der Waals surface area contributed by atoms with Crippen LogP contribution in [0.4, 0.5) is 22.0 Å². The number of nitrogens with zero attached hydrogens (tertiary/aromatic N) is 2. The summed E-state index contributed by atoms with van der Waals surface area (Å²) in [6.45, 7) is 1.09. The van der Waals surface area contributed by atoms with Gasteiger partial charge in [0.05, 0.1) is 6.42 Å². The first-order valence-electron chi connectivity index (χ1n) is 9.00. The summed E-state index contributed by atoms with van der Waals surface area (Å²) in [7, 11) is 0. The minimum absolute atomic E-state index is 0.0274. The number of halogens is 5. The highest BCUT2D eigenvalue weighted by molar-refractivity contribution is 6.08. The highest BCUT2D eigenvalue weighted by atomic mass is 19.4. The maximum Gasteiger partial charge on any atom is 0.390 e. The molecule has 1 aliphatic rings. The summed E-state index contributed by atoms with van der Waals surface area (Å²) in [5.74, 6) is -0.803. The number of alkyl halides is 3. The smallest absolute Gasteiger partial charge is 0.336 e. The lowest BCUT2D eigenvalue weighted by molar-refractivity contribution is -0.138. The number of benzene rings is 2. The van der Waals surface area contributed by atoms with E-state index < -0.39 is 24.2 Å². The van der Waals surface area contributed by atoms with E-state index in [0.29, 0.717) is 23.9 Å². The second-order valence-corrected chi connectivity index (χ2v) is 7.15. The van der Waals surface area contributed by atoms with Gasteiger partial charge in [0, 0.05) is 40.9 Å². The summed E-state index contributed by atoms with van der Waals surface area (Å²) in [5.41, 5.74) is 1.55. The van der Waals surface area contributed by atoms with Gasteiger partial charge in [-0.25, -0.2) is 8.78 Å². The first-order chi connectivity index (χ1) is 12.8. The third-order valence-electron chi connectivity index (χ3n) is 5.28. The molecule has 1 aromatic heterocycles. The molecule has 0 radical (unpaired) electrons. The van der Waals surface area contributed by atoms with Gasteiger partial charge in [0.25, 0.3) is 0 Å². The molecule has 4 rings (SSSR count). The van der Waals surface area contributed by atoms with Crippen molar-refractivity contribution in [3.8, 4) is 0 Å². The van der Waals surface area contributed by atoms with Gasteiger partial charge in [-0.3, -0.25) is 0 Å². The Kier molecular flexibility index (Phi) is 4.58. The standard InChI is InChI=1S/C20H19F5N2/c21-13-3-5-18-16(10-13)17-11-14(22)4-6-19(17)27(18)15-2-1-8-26(12-15)9-7-20(23,24)25/h3-6,10-11,15H,1-2,7-9,12H2/t15-/m0/s1. The second kappa shape index (κ2) is 6.78. The quantitative estimate of drug-likeness (QED) is 0.531.